The van der Waals surface area contributed by atoms with Crippen molar-refractivity contribution in [3.8, 4) is 0 Å². The lowest BCUT2D eigenvalue weighted by Crippen LogP contribution is -2.51. The third-order valence-corrected chi connectivity index (χ3v) is 4.06. The van der Waals surface area contributed by atoms with Crippen LogP contribution >= 0.6 is 0 Å². The summed E-state index contributed by atoms with van der Waals surface area (Å²) < 4.78 is 0. The standard InChI is InChI=1S/C15H24N2O5/c1-4-9(2)15(22)17-7-5-6-12(17)14(21)16-11(10(3)18)8-13(19)20/h9,11-12H,4-8H2,1-3H3,(H,16,21)(H,19,20). The minimum atomic E-state index is -1.15. The van der Waals surface area contributed by atoms with Crippen LogP contribution in [0.3, 0.4) is 0 Å². The molecule has 2 amide bonds. The van der Waals surface area contributed by atoms with Crippen molar-refractivity contribution in [2.24, 2.45) is 5.92 Å². The number of nitrogens with zero attached hydrogens (tertiary/aromatic N) is 1. The largest absolute Gasteiger partial charge is 0.481 e. The number of carbonyl (C=O) groups excluding carboxylic acids is 3. The molecule has 0 radical (unpaired) electrons. The molecule has 0 aliphatic carbocycles. The van der Waals surface area contributed by atoms with E-state index in [2.05, 4.69) is 5.32 Å². The molecule has 0 bridgehead atoms. The average Bonchev–Trinajstić information content (AvgIpc) is 2.93. The smallest absolute Gasteiger partial charge is 0.305 e. The normalized spacial score (nSPS) is 20.3. The molecule has 1 aliphatic rings. The first-order valence-electron chi connectivity index (χ1n) is 7.61. The lowest BCUT2D eigenvalue weighted by molar-refractivity contribution is -0.143. The number of Topliss-reactive ketones (excluding diaryl/α,β-unsaturated/α-hetero) is 1. The number of rotatable bonds is 7. The van der Waals surface area contributed by atoms with Crippen molar-refractivity contribution in [1.82, 2.24) is 10.2 Å². The maximum Gasteiger partial charge on any atom is 0.305 e. The highest BCUT2D eigenvalue weighted by Crippen LogP contribution is 2.21. The van der Waals surface area contributed by atoms with Crippen LogP contribution in [0.1, 0.15) is 46.5 Å². The number of ketones is 1. The van der Waals surface area contributed by atoms with Crippen molar-refractivity contribution < 1.29 is 24.3 Å². The van der Waals surface area contributed by atoms with Gasteiger partial charge in [-0.05, 0) is 26.2 Å². The molecule has 0 aromatic rings. The fraction of sp³-hybridized carbons (Fsp3) is 0.733. The molecule has 1 heterocycles. The molecule has 1 saturated heterocycles. The Hall–Kier alpha value is -1.92. The van der Waals surface area contributed by atoms with Gasteiger partial charge in [-0.25, -0.2) is 0 Å². The van der Waals surface area contributed by atoms with E-state index in [1.807, 2.05) is 13.8 Å². The van der Waals surface area contributed by atoms with Crippen LogP contribution in [-0.4, -0.2) is 52.2 Å². The lowest BCUT2D eigenvalue weighted by Gasteiger charge is -2.27. The van der Waals surface area contributed by atoms with Gasteiger partial charge in [0.25, 0.3) is 0 Å². The zero-order chi connectivity index (χ0) is 16.9. The van der Waals surface area contributed by atoms with Gasteiger partial charge in [-0.15, -0.1) is 0 Å². The molecular weight excluding hydrogens is 288 g/mol. The first kappa shape index (κ1) is 18.1. The molecule has 1 fully saturated rings. The van der Waals surface area contributed by atoms with Crippen LogP contribution in [0.15, 0.2) is 0 Å². The zero-order valence-corrected chi connectivity index (χ0v) is 13.3. The summed E-state index contributed by atoms with van der Waals surface area (Å²) in [5, 5.41) is 11.3. The van der Waals surface area contributed by atoms with Gasteiger partial charge < -0.3 is 15.3 Å². The summed E-state index contributed by atoms with van der Waals surface area (Å²) in [5.41, 5.74) is 0. The maximum atomic E-state index is 12.3. The van der Waals surface area contributed by atoms with E-state index in [1.165, 1.54) is 6.92 Å². The molecule has 0 aromatic carbocycles. The summed E-state index contributed by atoms with van der Waals surface area (Å²) in [6.45, 7) is 5.49. The summed E-state index contributed by atoms with van der Waals surface area (Å²) in [6.07, 6.45) is 1.50. The molecule has 124 valence electrons. The van der Waals surface area contributed by atoms with Crippen LogP contribution in [0.4, 0.5) is 0 Å². The van der Waals surface area contributed by atoms with E-state index in [0.717, 1.165) is 6.42 Å². The van der Waals surface area contributed by atoms with Gasteiger partial charge in [-0.1, -0.05) is 13.8 Å². The van der Waals surface area contributed by atoms with Crippen LogP contribution in [0.2, 0.25) is 0 Å². The van der Waals surface area contributed by atoms with E-state index in [-0.39, 0.29) is 11.8 Å². The third-order valence-electron chi connectivity index (χ3n) is 4.06. The van der Waals surface area contributed by atoms with E-state index in [0.29, 0.717) is 19.4 Å². The monoisotopic (exact) mass is 312 g/mol. The Morgan fingerprint density at radius 3 is 2.45 bits per heavy atom. The first-order chi connectivity index (χ1) is 10.3. The highest BCUT2D eigenvalue weighted by molar-refractivity contribution is 5.94. The number of hydrogen-bond acceptors (Lipinski definition) is 4. The Labute approximate surface area is 130 Å². The summed E-state index contributed by atoms with van der Waals surface area (Å²) in [6, 6.07) is -1.66. The van der Waals surface area contributed by atoms with Crippen LogP contribution in [0, 0.1) is 5.92 Å². The molecule has 7 heteroatoms. The topological polar surface area (TPSA) is 104 Å². The highest BCUT2D eigenvalue weighted by atomic mass is 16.4. The maximum absolute atomic E-state index is 12.3. The van der Waals surface area contributed by atoms with E-state index in [4.69, 9.17) is 5.11 Å². The van der Waals surface area contributed by atoms with Gasteiger partial charge >= 0.3 is 5.97 Å². The molecule has 2 N–H and O–H groups in total. The predicted octanol–water partition coefficient (Wildman–Crippen LogP) is 0.572. The second-order valence-electron chi connectivity index (χ2n) is 5.77. The van der Waals surface area contributed by atoms with Crippen LogP contribution in [0.25, 0.3) is 0 Å². The van der Waals surface area contributed by atoms with Crippen molar-refractivity contribution in [3.63, 3.8) is 0 Å². The van der Waals surface area contributed by atoms with Crippen LogP contribution in [-0.2, 0) is 19.2 Å². The molecule has 7 nitrogen and oxygen atoms in total. The van der Waals surface area contributed by atoms with E-state index in [9.17, 15) is 19.2 Å². The van der Waals surface area contributed by atoms with Crippen molar-refractivity contribution in [2.45, 2.75) is 58.5 Å². The summed E-state index contributed by atoms with van der Waals surface area (Å²) >= 11 is 0. The summed E-state index contributed by atoms with van der Waals surface area (Å²) in [4.78, 5) is 48.3. The second kappa shape index (κ2) is 7.91. The number of carboxylic acid groups (broad SMARTS) is 1. The van der Waals surface area contributed by atoms with Gasteiger partial charge in [0.1, 0.15) is 6.04 Å². The van der Waals surface area contributed by atoms with Crippen molar-refractivity contribution >= 4 is 23.6 Å². The Balaban J connectivity index is 2.76. The highest BCUT2D eigenvalue weighted by Gasteiger charge is 2.36. The van der Waals surface area contributed by atoms with Gasteiger partial charge in [-0.3, -0.25) is 19.2 Å². The molecule has 22 heavy (non-hydrogen) atoms. The summed E-state index contributed by atoms with van der Waals surface area (Å²) in [5.74, 6) is -2.24. The summed E-state index contributed by atoms with van der Waals surface area (Å²) in [7, 11) is 0. The second-order valence-corrected chi connectivity index (χ2v) is 5.77. The van der Waals surface area contributed by atoms with Gasteiger partial charge in [0, 0.05) is 12.5 Å². The third kappa shape index (κ3) is 4.54. The molecule has 0 saturated carbocycles. The minimum Gasteiger partial charge on any atom is -0.481 e. The zero-order valence-electron chi connectivity index (χ0n) is 13.3. The quantitative estimate of drug-likeness (QED) is 0.715. The van der Waals surface area contributed by atoms with Gasteiger partial charge in [0.15, 0.2) is 5.78 Å². The Kier molecular flexibility index (Phi) is 6.52. The first-order valence-corrected chi connectivity index (χ1v) is 7.61. The number of amides is 2. The average molecular weight is 312 g/mol. The van der Waals surface area contributed by atoms with Crippen molar-refractivity contribution in [1.29, 1.82) is 0 Å². The SMILES string of the molecule is CCC(C)C(=O)N1CCCC1C(=O)NC(CC(=O)O)C(C)=O. The van der Waals surface area contributed by atoms with E-state index < -0.39 is 36.2 Å². The molecule has 1 rings (SSSR count). The van der Waals surface area contributed by atoms with E-state index >= 15 is 0 Å². The van der Waals surface area contributed by atoms with Crippen molar-refractivity contribution in [3.05, 3.63) is 0 Å². The predicted molar refractivity (Wildman–Crippen MR) is 79.1 cm³/mol. The number of nitrogens with one attached hydrogen (secondary N) is 1. The number of hydrogen-bond donors (Lipinski definition) is 2. The van der Waals surface area contributed by atoms with Gasteiger partial charge in [-0.2, -0.15) is 0 Å². The van der Waals surface area contributed by atoms with Crippen molar-refractivity contribution in [2.75, 3.05) is 6.54 Å². The molecule has 0 spiro atoms. The molecule has 3 atom stereocenters. The molecule has 0 aromatic heterocycles. The fourth-order valence-electron chi connectivity index (χ4n) is 2.50. The minimum absolute atomic E-state index is 0.0715. The Morgan fingerprint density at radius 2 is 1.95 bits per heavy atom. The number of likely N-dealkylation sites (tertiary alicyclic amines) is 1. The molecule has 3 unspecified atom stereocenters. The fourth-order valence-corrected chi connectivity index (χ4v) is 2.50. The Morgan fingerprint density at radius 1 is 1.32 bits per heavy atom. The van der Waals surface area contributed by atoms with Crippen LogP contribution in [0.5, 0.6) is 0 Å². The number of aliphatic carboxylic acids is 1. The van der Waals surface area contributed by atoms with Gasteiger partial charge in [0.2, 0.25) is 11.8 Å². The lowest BCUT2D eigenvalue weighted by atomic mass is 10.1. The Bertz CT molecular complexity index is 463. The van der Waals surface area contributed by atoms with Crippen LogP contribution < -0.4 is 5.32 Å². The molecule has 1 aliphatic heterocycles. The molecular formula is C15H24N2O5. The van der Waals surface area contributed by atoms with Gasteiger partial charge in [0.05, 0.1) is 12.5 Å². The van der Waals surface area contributed by atoms with E-state index in [1.54, 1.807) is 4.90 Å². The number of carboxylic acids is 1. The number of carbonyl (C=O) groups is 4.